The summed E-state index contributed by atoms with van der Waals surface area (Å²) in [6.45, 7) is 6.28. The van der Waals surface area contributed by atoms with Gasteiger partial charge in [0, 0.05) is 23.5 Å². The normalized spacial score (nSPS) is 10.7. The summed E-state index contributed by atoms with van der Waals surface area (Å²) >= 11 is 5.81. The third-order valence-electron chi connectivity index (χ3n) is 2.28. The molecule has 0 unspecified atom stereocenters. The minimum absolute atomic E-state index is 0.0209. The van der Waals surface area contributed by atoms with E-state index in [1.54, 1.807) is 18.2 Å². The predicted octanol–water partition coefficient (Wildman–Crippen LogP) is 2.93. The van der Waals surface area contributed by atoms with Crippen molar-refractivity contribution in [2.45, 2.75) is 32.7 Å². The molecule has 19 heavy (non-hydrogen) atoms. The number of nitriles is 1. The fourth-order valence-corrected chi connectivity index (χ4v) is 1.73. The summed E-state index contributed by atoms with van der Waals surface area (Å²) < 4.78 is 0. The molecule has 0 aromatic heterocycles. The van der Waals surface area contributed by atoms with E-state index in [4.69, 9.17) is 16.9 Å². The molecule has 102 valence electrons. The molecule has 0 bridgehead atoms. The smallest absolute Gasteiger partial charge is 0.222 e. The minimum Gasteiger partial charge on any atom is -0.383 e. The molecule has 0 aliphatic carbocycles. The Labute approximate surface area is 118 Å². The van der Waals surface area contributed by atoms with Crippen molar-refractivity contribution in [3.63, 3.8) is 0 Å². The molecule has 0 aliphatic rings. The molecule has 0 aliphatic heterocycles. The van der Waals surface area contributed by atoms with E-state index in [1.165, 1.54) is 0 Å². The molecule has 0 atom stereocenters. The Morgan fingerprint density at radius 3 is 2.68 bits per heavy atom. The number of hydrogen-bond acceptors (Lipinski definition) is 3. The SMILES string of the molecule is CC(C)(C)NC(=O)CCNc1ccc(Cl)cc1C#N. The summed E-state index contributed by atoms with van der Waals surface area (Å²) in [4.78, 5) is 11.6. The van der Waals surface area contributed by atoms with Gasteiger partial charge < -0.3 is 10.6 Å². The van der Waals surface area contributed by atoms with Gasteiger partial charge in [0.1, 0.15) is 6.07 Å². The van der Waals surface area contributed by atoms with Gasteiger partial charge in [0.2, 0.25) is 5.91 Å². The van der Waals surface area contributed by atoms with Gasteiger partial charge >= 0.3 is 0 Å². The molecule has 1 amide bonds. The molecule has 0 fully saturated rings. The molecule has 1 rings (SSSR count). The Kier molecular flexibility index (Phi) is 5.20. The van der Waals surface area contributed by atoms with Gasteiger partial charge in [-0.2, -0.15) is 5.26 Å². The Balaban J connectivity index is 2.50. The highest BCUT2D eigenvalue weighted by atomic mass is 35.5. The number of carbonyl (C=O) groups excluding carboxylic acids is 1. The summed E-state index contributed by atoms with van der Waals surface area (Å²) in [5.74, 6) is -0.0209. The van der Waals surface area contributed by atoms with Crippen LogP contribution in [0, 0.1) is 11.3 Å². The molecule has 0 heterocycles. The maximum absolute atomic E-state index is 11.6. The zero-order chi connectivity index (χ0) is 14.5. The van der Waals surface area contributed by atoms with Crippen molar-refractivity contribution in [1.29, 1.82) is 5.26 Å². The highest BCUT2D eigenvalue weighted by Gasteiger charge is 2.13. The van der Waals surface area contributed by atoms with E-state index in [0.717, 1.165) is 0 Å². The van der Waals surface area contributed by atoms with Crippen LogP contribution in [0.25, 0.3) is 0 Å². The molecule has 0 saturated carbocycles. The average molecular weight is 280 g/mol. The maximum Gasteiger partial charge on any atom is 0.222 e. The topological polar surface area (TPSA) is 64.9 Å². The molecule has 4 nitrogen and oxygen atoms in total. The molecule has 1 aromatic carbocycles. The zero-order valence-electron chi connectivity index (χ0n) is 11.4. The molecule has 0 radical (unpaired) electrons. The maximum atomic E-state index is 11.6. The molecule has 2 N–H and O–H groups in total. The Bertz CT molecular complexity index is 500. The first-order valence-corrected chi connectivity index (χ1v) is 6.44. The number of halogens is 1. The number of nitrogens with zero attached hydrogens (tertiary/aromatic N) is 1. The minimum atomic E-state index is -0.227. The van der Waals surface area contributed by atoms with Crippen LogP contribution in [-0.4, -0.2) is 18.0 Å². The van der Waals surface area contributed by atoms with Crippen molar-refractivity contribution in [3.05, 3.63) is 28.8 Å². The molecular formula is C14H18ClN3O. The Morgan fingerprint density at radius 2 is 2.11 bits per heavy atom. The van der Waals surface area contributed by atoms with E-state index < -0.39 is 0 Å². The summed E-state index contributed by atoms with van der Waals surface area (Å²) in [5.41, 5.74) is 0.939. The van der Waals surface area contributed by atoms with Gasteiger partial charge in [0.25, 0.3) is 0 Å². The van der Waals surface area contributed by atoms with Crippen molar-refractivity contribution in [2.24, 2.45) is 0 Å². The lowest BCUT2D eigenvalue weighted by Gasteiger charge is -2.20. The quantitative estimate of drug-likeness (QED) is 0.891. The third kappa shape index (κ3) is 5.62. The van der Waals surface area contributed by atoms with Gasteiger partial charge in [-0.25, -0.2) is 0 Å². The first kappa shape index (κ1) is 15.3. The van der Waals surface area contributed by atoms with E-state index in [9.17, 15) is 4.79 Å². The molecule has 0 saturated heterocycles. The first-order chi connectivity index (χ1) is 8.81. The van der Waals surface area contributed by atoms with Gasteiger partial charge in [-0.05, 0) is 39.0 Å². The van der Waals surface area contributed by atoms with Crippen LogP contribution < -0.4 is 10.6 Å². The fourth-order valence-electron chi connectivity index (χ4n) is 1.55. The van der Waals surface area contributed by atoms with Gasteiger partial charge in [0.15, 0.2) is 0 Å². The Morgan fingerprint density at radius 1 is 1.42 bits per heavy atom. The highest BCUT2D eigenvalue weighted by molar-refractivity contribution is 6.30. The van der Waals surface area contributed by atoms with Crippen LogP contribution in [0.4, 0.5) is 5.69 Å². The lowest BCUT2D eigenvalue weighted by Crippen LogP contribution is -2.41. The standard InChI is InChI=1S/C14H18ClN3O/c1-14(2,3)18-13(19)6-7-17-12-5-4-11(15)8-10(12)9-16/h4-5,8,17H,6-7H2,1-3H3,(H,18,19). The van der Waals surface area contributed by atoms with Crippen molar-refractivity contribution in [3.8, 4) is 6.07 Å². The predicted molar refractivity (Wildman–Crippen MR) is 77.2 cm³/mol. The molecule has 1 aromatic rings. The lowest BCUT2D eigenvalue weighted by molar-refractivity contribution is -0.122. The van der Waals surface area contributed by atoms with E-state index in [-0.39, 0.29) is 11.4 Å². The number of rotatable bonds is 4. The largest absolute Gasteiger partial charge is 0.383 e. The number of nitrogens with one attached hydrogen (secondary N) is 2. The first-order valence-electron chi connectivity index (χ1n) is 6.06. The van der Waals surface area contributed by atoms with E-state index in [0.29, 0.717) is 29.2 Å². The summed E-state index contributed by atoms with van der Waals surface area (Å²) in [5, 5.41) is 15.4. The third-order valence-corrected chi connectivity index (χ3v) is 2.52. The summed E-state index contributed by atoms with van der Waals surface area (Å²) in [6.07, 6.45) is 0.352. The van der Waals surface area contributed by atoms with Crippen molar-refractivity contribution in [1.82, 2.24) is 5.32 Å². The van der Waals surface area contributed by atoms with Gasteiger partial charge in [-0.1, -0.05) is 11.6 Å². The van der Waals surface area contributed by atoms with Crippen molar-refractivity contribution >= 4 is 23.2 Å². The summed E-state index contributed by atoms with van der Waals surface area (Å²) in [7, 11) is 0. The number of hydrogen-bond donors (Lipinski definition) is 2. The lowest BCUT2D eigenvalue weighted by atomic mass is 10.1. The van der Waals surface area contributed by atoms with Crippen molar-refractivity contribution in [2.75, 3.05) is 11.9 Å². The molecular weight excluding hydrogens is 262 g/mol. The molecule has 0 spiro atoms. The Hall–Kier alpha value is -1.73. The van der Waals surface area contributed by atoms with Crippen LogP contribution in [0.1, 0.15) is 32.8 Å². The van der Waals surface area contributed by atoms with E-state index in [2.05, 4.69) is 16.7 Å². The average Bonchev–Trinajstić information content (AvgIpc) is 2.28. The van der Waals surface area contributed by atoms with Crippen LogP contribution in [0.2, 0.25) is 5.02 Å². The zero-order valence-corrected chi connectivity index (χ0v) is 12.1. The van der Waals surface area contributed by atoms with Crippen LogP contribution in [0.5, 0.6) is 0 Å². The van der Waals surface area contributed by atoms with Crippen LogP contribution >= 0.6 is 11.6 Å². The fraction of sp³-hybridized carbons (Fsp3) is 0.429. The number of benzene rings is 1. The van der Waals surface area contributed by atoms with E-state index >= 15 is 0 Å². The van der Waals surface area contributed by atoms with Gasteiger partial charge in [-0.3, -0.25) is 4.79 Å². The monoisotopic (exact) mass is 279 g/mol. The van der Waals surface area contributed by atoms with Crippen molar-refractivity contribution < 1.29 is 4.79 Å². The second kappa shape index (κ2) is 6.44. The van der Waals surface area contributed by atoms with Crippen LogP contribution in [0.15, 0.2) is 18.2 Å². The van der Waals surface area contributed by atoms with E-state index in [1.807, 2.05) is 20.8 Å². The number of carbonyl (C=O) groups is 1. The number of amides is 1. The molecule has 5 heteroatoms. The number of anilines is 1. The van der Waals surface area contributed by atoms with Gasteiger partial charge in [0.05, 0.1) is 11.3 Å². The van der Waals surface area contributed by atoms with Crippen LogP contribution in [-0.2, 0) is 4.79 Å². The highest BCUT2D eigenvalue weighted by Crippen LogP contribution is 2.19. The second-order valence-electron chi connectivity index (χ2n) is 5.28. The second-order valence-corrected chi connectivity index (χ2v) is 5.71. The summed E-state index contributed by atoms with van der Waals surface area (Å²) in [6, 6.07) is 7.11. The van der Waals surface area contributed by atoms with Crippen LogP contribution in [0.3, 0.4) is 0 Å². The van der Waals surface area contributed by atoms with Gasteiger partial charge in [-0.15, -0.1) is 0 Å².